The van der Waals surface area contributed by atoms with Gasteiger partial charge in [-0.3, -0.25) is 4.98 Å². The summed E-state index contributed by atoms with van der Waals surface area (Å²) in [4.78, 5) is 11.7. The van der Waals surface area contributed by atoms with Crippen molar-refractivity contribution in [3.63, 3.8) is 0 Å². The molecule has 0 aliphatic carbocycles. The van der Waals surface area contributed by atoms with Gasteiger partial charge in [0.1, 0.15) is 16.5 Å². The summed E-state index contributed by atoms with van der Waals surface area (Å²) in [6.45, 7) is 6.19. The van der Waals surface area contributed by atoms with Crippen LogP contribution in [0.5, 0.6) is 0 Å². The molecule has 0 unspecified atom stereocenters. The van der Waals surface area contributed by atoms with E-state index < -0.39 is 0 Å². The third-order valence-electron chi connectivity index (χ3n) is 2.63. The van der Waals surface area contributed by atoms with Crippen LogP contribution in [0, 0.1) is 16.0 Å². The van der Waals surface area contributed by atoms with Gasteiger partial charge in [-0.15, -0.1) is 0 Å². The summed E-state index contributed by atoms with van der Waals surface area (Å²) in [7, 11) is 0. The SMILES string of the molecule is CC(C)(C)c1nc(=S)cc(-c2cncc(C#N)c2)[nH]1. The Morgan fingerprint density at radius 1 is 1.26 bits per heavy atom. The van der Waals surface area contributed by atoms with Crippen LogP contribution in [0.2, 0.25) is 0 Å². The van der Waals surface area contributed by atoms with Gasteiger partial charge in [-0.05, 0) is 12.1 Å². The van der Waals surface area contributed by atoms with Crippen molar-refractivity contribution in [2.24, 2.45) is 0 Å². The molecule has 2 heterocycles. The second-order valence-corrected chi connectivity index (χ2v) is 5.72. The minimum absolute atomic E-state index is 0.121. The maximum atomic E-state index is 8.91. The van der Waals surface area contributed by atoms with E-state index in [1.807, 2.05) is 0 Å². The monoisotopic (exact) mass is 270 g/mol. The molecule has 0 amide bonds. The van der Waals surface area contributed by atoms with Gasteiger partial charge >= 0.3 is 0 Å². The van der Waals surface area contributed by atoms with Gasteiger partial charge in [0.25, 0.3) is 0 Å². The van der Waals surface area contributed by atoms with Crippen molar-refractivity contribution in [1.29, 1.82) is 5.26 Å². The molecule has 19 heavy (non-hydrogen) atoms. The Bertz CT molecular complexity index is 704. The summed E-state index contributed by atoms with van der Waals surface area (Å²) in [6, 6.07) is 5.64. The molecule has 0 bridgehead atoms. The molecule has 0 spiro atoms. The molecule has 0 aromatic carbocycles. The van der Waals surface area contributed by atoms with Crippen molar-refractivity contribution < 1.29 is 0 Å². The van der Waals surface area contributed by atoms with Crippen LogP contribution in [0.3, 0.4) is 0 Å². The number of nitrogens with one attached hydrogen (secondary N) is 1. The van der Waals surface area contributed by atoms with Gasteiger partial charge in [-0.25, -0.2) is 4.98 Å². The summed E-state index contributed by atoms with van der Waals surface area (Å²) >= 11 is 5.20. The lowest BCUT2D eigenvalue weighted by Crippen LogP contribution is -2.16. The molecular weight excluding hydrogens is 256 g/mol. The van der Waals surface area contributed by atoms with E-state index in [0.29, 0.717) is 10.2 Å². The molecular formula is C14H14N4S. The van der Waals surface area contributed by atoms with Gasteiger partial charge in [0.15, 0.2) is 0 Å². The van der Waals surface area contributed by atoms with Crippen LogP contribution < -0.4 is 0 Å². The quantitative estimate of drug-likeness (QED) is 0.807. The Hall–Kier alpha value is -2.06. The van der Waals surface area contributed by atoms with Crippen molar-refractivity contribution in [3.05, 3.63) is 40.6 Å². The van der Waals surface area contributed by atoms with E-state index in [9.17, 15) is 0 Å². The molecule has 0 saturated carbocycles. The van der Waals surface area contributed by atoms with E-state index in [1.54, 1.807) is 18.3 Å². The minimum Gasteiger partial charge on any atom is -0.343 e. The number of H-pyrrole nitrogens is 1. The summed E-state index contributed by atoms with van der Waals surface area (Å²) < 4.78 is 0.529. The topological polar surface area (TPSA) is 65.4 Å². The molecule has 1 N–H and O–H groups in total. The third kappa shape index (κ3) is 3.04. The average molecular weight is 270 g/mol. The first-order valence-electron chi connectivity index (χ1n) is 5.87. The predicted molar refractivity (Wildman–Crippen MR) is 76.1 cm³/mol. The first kappa shape index (κ1) is 13.4. The fraction of sp³-hybridized carbons (Fsp3) is 0.286. The lowest BCUT2D eigenvalue weighted by molar-refractivity contribution is 0.545. The van der Waals surface area contributed by atoms with Crippen LogP contribution in [0.15, 0.2) is 24.5 Å². The van der Waals surface area contributed by atoms with Crippen LogP contribution >= 0.6 is 12.2 Å². The number of hydrogen-bond acceptors (Lipinski definition) is 4. The van der Waals surface area contributed by atoms with Gasteiger partial charge < -0.3 is 4.98 Å². The number of aromatic amines is 1. The van der Waals surface area contributed by atoms with E-state index >= 15 is 0 Å². The Kier molecular flexibility index (Phi) is 3.45. The zero-order valence-corrected chi connectivity index (χ0v) is 11.9. The molecule has 2 aromatic rings. The van der Waals surface area contributed by atoms with Crippen LogP contribution in [-0.2, 0) is 5.41 Å². The van der Waals surface area contributed by atoms with E-state index in [-0.39, 0.29) is 5.41 Å². The lowest BCUT2D eigenvalue weighted by Gasteiger charge is -2.18. The van der Waals surface area contributed by atoms with Crippen LogP contribution in [0.4, 0.5) is 0 Å². The predicted octanol–water partition coefficient (Wildman–Crippen LogP) is 3.37. The number of rotatable bonds is 1. The van der Waals surface area contributed by atoms with Crippen LogP contribution in [-0.4, -0.2) is 15.0 Å². The maximum Gasteiger partial charge on any atom is 0.130 e. The second-order valence-electron chi connectivity index (χ2n) is 5.31. The average Bonchev–Trinajstić information content (AvgIpc) is 2.37. The zero-order chi connectivity index (χ0) is 14.0. The smallest absolute Gasteiger partial charge is 0.130 e. The lowest BCUT2D eigenvalue weighted by atomic mass is 9.95. The Morgan fingerprint density at radius 2 is 2.00 bits per heavy atom. The van der Waals surface area contributed by atoms with Gasteiger partial charge in [-0.1, -0.05) is 33.0 Å². The van der Waals surface area contributed by atoms with Crippen molar-refractivity contribution in [3.8, 4) is 17.3 Å². The molecule has 0 aliphatic rings. The van der Waals surface area contributed by atoms with Crippen molar-refractivity contribution in [1.82, 2.24) is 15.0 Å². The number of nitriles is 1. The number of nitrogens with zero attached hydrogens (tertiary/aromatic N) is 3. The summed E-state index contributed by atoms with van der Waals surface area (Å²) in [5.74, 6) is 0.817. The maximum absolute atomic E-state index is 8.91. The molecule has 0 saturated heterocycles. The van der Waals surface area contributed by atoms with E-state index in [1.165, 1.54) is 6.20 Å². The molecule has 0 fully saturated rings. The molecule has 0 radical (unpaired) electrons. The number of pyridine rings is 1. The standard InChI is InChI=1S/C14H14N4S/c1-14(2,3)13-17-11(5-12(19)18-13)10-4-9(6-15)7-16-8-10/h4-5,7-8H,1-3H3,(H,17,18,19). The third-order valence-corrected chi connectivity index (χ3v) is 2.84. The van der Waals surface area contributed by atoms with Gasteiger partial charge in [-0.2, -0.15) is 5.26 Å². The summed E-state index contributed by atoms with van der Waals surface area (Å²) in [6.07, 6.45) is 3.23. The van der Waals surface area contributed by atoms with Crippen LogP contribution in [0.25, 0.3) is 11.3 Å². The second kappa shape index (κ2) is 4.90. The van der Waals surface area contributed by atoms with E-state index in [0.717, 1.165) is 17.1 Å². The van der Waals surface area contributed by atoms with Gasteiger partial charge in [0, 0.05) is 23.4 Å². The number of hydrogen-bond donors (Lipinski definition) is 1. The highest BCUT2D eigenvalue weighted by atomic mass is 32.1. The number of aromatic nitrogens is 3. The van der Waals surface area contributed by atoms with Crippen LogP contribution in [0.1, 0.15) is 32.2 Å². The minimum atomic E-state index is -0.121. The fourth-order valence-corrected chi connectivity index (χ4v) is 1.83. The highest BCUT2D eigenvalue weighted by Gasteiger charge is 2.17. The Morgan fingerprint density at radius 3 is 2.63 bits per heavy atom. The molecule has 0 aliphatic heterocycles. The molecule has 2 rings (SSSR count). The van der Waals surface area contributed by atoms with Crippen molar-refractivity contribution in [2.75, 3.05) is 0 Å². The highest BCUT2D eigenvalue weighted by molar-refractivity contribution is 7.71. The van der Waals surface area contributed by atoms with E-state index in [2.05, 4.69) is 41.8 Å². The Balaban J connectivity index is 2.60. The molecule has 2 aromatic heterocycles. The molecule has 4 nitrogen and oxygen atoms in total. The van der Waals surface area contributed by atoms with Gasteiger partial charge in [0.2, 0.25) is 0 Å². The largest absolute Gasteiger partial charge is 0.343 e. The summed E-state index contributed by atoms with van der Waals surface area (Å²) in [5, 5.41) is 8.91. The molecule has 5 heteroatoms. The fourth-order valence-electron chi connectivity index (χ4n) is 1.62. The first-order chi connectivity index (χ1) is 8.90. The van der Waals surface area contributed by atoms with E-state index in [4.69, 9.17) is 17.5 Å². The normalized spacial score (nSPS) is 11.1. The summed E-state index contributed by atoms with van der Waals surface area (Å²) in [5.41, 5.74) is 2.06. The zero-order valence-electron chi connectivity index (χ0n) is 11.1. The van der Waals surface area contributed by atoms with Gasteiger partial charge in [0.05, 0.1) is 11.3 Å². The molecule has 96 valence electrons. The Labute approximate surface area is 117 Å². The first-order valence-corrected chi connectivity index (χ1v) is 6.28. The highest BCUT2D eigenvalue weighted by Crippen LogP contribution is 2.22. The molecule has 0 atom stereocenters. The van der Waals surface area contributed by atoms with Crippen molar-refractivity contribution >= 4 is 12.2 Å². The van der Waals surface area contributed by atoms with Crippen molar-refractivity contribution in [2.45, 2.75) is 26.2 Å².